The number of H-pyrrole nitrogens is 1. The predicted octanol–water partition coefficient (Wildman–Crippen LogP) is 0.769. The SMILES string of the molecule is NC1CCC(NCc2cnc[nH]2)CC1. The van der Waals surface area contributed by atoms with Gasteiger partial charge in [0, 0.05) is 30.5 Å². The Bertz CT molecular complexity index is 249. The predicted molar refractivity (Wildman–Crippen MR) is 55.7 cm³/mol. The molecule has 1 aromatic heterocycles. The Kier molecular flexibility index (Phi) is 3.16. The third kappa shape index (κ3) is 2.56. The highest BCUT2D eigenvalue weighted by atomic mass is 15.0. The molecule has 1 fully saturated rings. The Labute approximate surface area is 84.3 Å². The summed E-state index contributed by atoms with van der Waals surface area (Å²) in [6, 6.07) is 1.07. The van der Waals surface area contributed by atoms with Crippen LogP contribution in [0.3, 0.4) is 0 Å². The molecular formula is C10H18N4. The first-order valence-corrected chi connectivity index (χ1v) is 5.31. The maximum absolute atomic E-state index is 5.84. The average Bonchev–Trinajstić information content (AvgIpc) is 2.70. The van der Waals surface area contributed by atoms with Gasteiger partial charge in [-0.3, -0.25) is 0 Å². The Balaban J connectivity index is 1.71. The Hall–Kier alpha value is -0.870. The lowest BCUT2D eigenvalue weighted by molar-refractivity contribution is 0.341. The molecule has 1 aliphatic rings. The highest BCUT2D eigenvalue weighted by molar-refractivity contribution is 4.94. The topological polar surface area (TPSA) is 66.7 Å². The molecule has 0 radical (unpaired) electrons. The molecule has 4 N–H and O–H groups in total. The van der Waals surface area contributed by atoms with E-state index in [9.17, 15) is 0 Å². The molecule has 4 nitrogen and oxygen atoms in total. The number of nitrogens with zero attached hydrogens (tertiary/aromatic N) is 1. The summed E-state index contributed by atoms with van der Waals surface area (Å²) in [6.45, 7) is 0.889. The van der Waals surface area contributed by atoms with E-state index in [1.165, 1.54) is 12.8 Å². The van der Waals surface area contributed by atoms with Gasteiger partial charge in [-0.15, -0.1) is 0 Å². The molecule has 0 aromatic carbocycles. The zero-order chi connectivity index (χ0) is 9.80. The van der Waals surface area contributed by atoms with Gasteiger partial charge in [0.2, 0.25) is 0 Å². The van der Waals surface area contributed by atoms with Gasteiger partial charge in [0.1, 0.15) is 0 Å². The van der Waals surface area contributed by atoms with E-state index in [0.29, 0.717) is 12.1 Å². The van der Waals surface area contributed by atoms with Gasteiger partial charge in [-0.1, -0.05) is 0 Å². The minimum absolute atomic E-state index is 0.431. The normalized spacial score (nSPS) is 27.8. The van der Waals surface area contributed by atoms with Crippen molar-refractivity contribution in [1.82, 2.24) is 15.3 Å². The molecule has 14 heavy (non-hydrogen) atoms. The standard InChI is InChI=1S/C10H18N4/c11-8-1-3-9(4-2-8)13-6-10-5-12-7-14-10/h5,7-9,13H,1-4,6,11H2,(H,12,14). The molecule has 0 amide bonds. The quantitative estimate of drug-likeness (QED) is 0.666. The Morgan fingerprint density at radius 2 is 2.21 bits per heavy atom. The molecule has 0 atom stereocenters. The largest absolute Gasteiger partial charge is 0.347 e. The van der Waals surface area contributed by atoms with Crippen LogP contribution in [0.2, 0.25) is 0 Å². The molecule has 1 aromatic rings. The zero-order valence-corrected chi connectivity index (χ0v) is 8.37. The van der Waals surface area contributed by atoms with Crippen LogP contribution in [0.25, 0.3) is 0 Å². The summed E-state index contributed by atoms with van der Waals surface area (Å²) in [6.07, 6.45) is 8.29. The van der Waals surface area contributed by atoms with Crippen molar-refractivity contribution in [1.29, 1.82) is 0 Å². The molecule has 1 saturated carbocycles. The molecular weight excluding hydrogens is 176 g/mol. The maximum Gasteiger partial charge on any atom is 0.0922 e. The smallest absolute Gasteiger partial charge is 0.0922 e. The van der Waals surface area contributed by atoms with Crippen LogP contribution in [0, 0.1) is 0 Å². The molecule has 0 unspecified atom stereocenters. The first-order chi connectivity index (χ1) is 6.84. The van der Waals surface area contributed by atoms with Gasteiger partial charge < -0.3 is 16.0 Å². The maximum atomic E-state index is 5.84. The van der Waals surface area contributed by atoms with Crippen molar-refractivity contribution < 1.29 is 0 Å². The van der Waals surface area contributed by atoms with Crippen molar-refractivity contribution in [3.05, 3.63) is 18.2 Å². The summed E-state index contributed by atoms with van der Waals surface area (Å²) in [5, 5.41) is 3.52. The number of aromatic nitrogens is 2. The fourth-order valence-electron chi connectivity index (χ4n) is 1.96. The fourth-order valence-corrected chi connectivity index (χ4v) is 1.96. The van der Waals surface area contributed by atoms with Gasteiger partial charge in [-0.05, 0) is 25.7 Å². The van der Waals surface area contributed by atoms with Crippen LogP contribution in [0.4, 0.5) is 0 Å². The fraction of sp³-hybridized carbons (Fsp3) is 0.700. The van der Waals surface area contributed by atoms with E-state index < -0.39 is 0 Å². The molecule has 0 aliphatic heterocycles. The van der Waals surface area contributed by atoms with Gasteiger partial charge >= 0.3 is 0 Å². The second-order valence-corrected chi connectivity index (χ2v) is 4.07. The molecule has 4 heteroatoms. The molecule has 0 spiro atoms. The van der Waals surface area contributed by atoms with E-state index in [0.717, 1.165) is 25.1 Å². The van der Waals surface area contributed by atoms with E-state index in [1.54, 1.807) is 6.33 Å². The summed E-state index contributed by atoms with van der Waals surface area (Å²) in [5.41, 5.74) is 7.00. The molecule has 0 bridgehead atoms. The van der Waals surface area contributed by atoms with Crippen LogP contribution < -0.4 is 11.1 Å². The van der Waals surface area contributed by atoms with Crippen molar-refractivity contribution in [2.24, 2.45) is 5.73 Å². The molecule has 2 rings (SSSR count). The monoisotopic (exact) mass is 194 g/mol. The van der Waals surface area contributed by atoms with E-state index in [4.69, 9.17) is 5.73 Å². The molecule has 78 valence electrons. The Morgan fingerprint density at radius 1 is 1.43 bits per heavy atom. The first-order valence-electron chi connectivity index (χ1n) is 5.31. The number of hydrogen-bond acceptors (Lipinski definition) is 3. The van der Waals surface area contributed by atoms with Crippen LogP contribution in [-0.4, -0.2) is 22.1 Å². The van der Waals surface area contributed by atoms with E-state index in [1.807, 2.05) is 6.20 Å². The lowest BCUT2D eigenvalue weighted by Gasteiger charge is -2.26. The third-order valence-corrected chi connectivity index (χ3v) is 2.91. The second-order valence-electron chi connectivity index (χ2n) is 4.07. The van der Waals surface area contributed by atoms with Gasteiger partial charge in [-0.25, -0.2) is 4.98 Å². The highest BCUT2D eigenvalue weighted by Crippen LogP contribution is 2.16. The van der Waals surface area contributed by atoms with Gasteiger partial charge in [0.25, 0.3) is 0 Å². The van der Waals surface area contributed by atoms with Crippen molar-refractivity contribution in [3.8, 4) is 0 Å². The van der Waals surface area contributed by atoms with Crippen molar-refractivity contribution in [3.63, 3.8) is 0 Å². The minimum atomic E-state index is 0.431. The third-order valence-electron chi connectivity index (χ3n) is 2.91. The molecule has 1 heterocycles. The summed E-state index contributed by atoms with van der Waals surface area (Å²) < 4.78 is 0. The summed E-state index contributed by atoms with van der Waals surface area (Å²) in [7, 11) is 0. The number of rotatable bonds is 3. The molecule has 1 aliphatic carbocycles. The first kappa shape index (κ1) is 9.68. The second kappa shape index (κ2) is 4.57. The van der Waals surface area contributed by atoms with Crippen LogP contribution in [0.15, 0.2) is 12.5 Å². The van der Waals surface area contributed by atoms with E-state index in [-0.39, 0.29) is 0 Å². The van der Waals surface area contributed by atoms with Crippen molar-refractivity contribution >= 4 is 0 Å². The van der Waals surface area contributed by atoms with Crippen LogP contribution >= 0.6 is 0 Å². The van der Waals surface area contributed by atoms with E-state index in [2.05, 4.69) is 15.3 Å². The van der Waals surface area contributed by atoms with Crippen molar-refractivity contribution in [2.75, 3.05) is 0 Å². The zero-order valence-electron chi connectivity index (χ0n) is 8.37. The number of aromatic amines is 1. The number of nitrogens with two attached hydrogens (primary N) is 1. The van der Waals surface area contributed by atoms with Crippen LogP contribution in [-0.2, 0) is 6.54 Å². The summed E-state index contributed by atoms with van der Waals surface area (Å²) >= 11 is 0. The number of hydrogen-bond donors (Lipinski definition) is 3. The van der Waals surface area contributed by atoms with Gasteiger partial charge in [-0.2, -0.15) is 0 Å². The minimum Gasteiger partial charge on any atom is -0.347 e. The Morgan fingerprint density at radius 3 is 2.86 bits per heavy atom. The summed E-state index contributed by atoms with van der Waals surface area (Å²) in [4.78, 5) is 7.07. The number of imidazole rings is 1. The highest BCUT2D eigenvalue weighted by Gasteiger charge is 2.17. The average molecular weight is 194 g/mol. The van der Waals surface area contributed by atoms with E-state index >= 15 is 0 Å². The van der Waals surface area contributed by atoms with Gasteiger partial charge in [0.05, 0.1) is 6.33 Å². The summed E-state index contributed by atoms with van der Waals surface area (Å²) in [5.74, 6) is 0. The van der Waals surface area contributed by atoms with Crippen molar-refractivity contribution in [2.45, 2.75) is 44.3 Å². The van der Waals surface area contributed by atoms with Gasteiger partial charge in [0.15, 0.2) is 0 Å². The van der Waals surface area contributed by atoms with Crippen LogP contribution in [0.1, 0.15) is 31.4 Å². The van der Waals surface area contributed by atoms with Crippen LogP contribution in [0.5, 0.6) is 0 Å². The lowest BCUT2D eigenvalue weighted by atomic mass is 9.92. The lowest BCUT2D eigenvalue weighted by Crippen LogP contribution is -2.37. The molecule has 0 saturated heterocycles. The number of nitrogens with one attached hydrogen (secondary N) is 2.